The van der Waals surface area contributed by atoms with E-state index in [1.807, 2.05) is 0 Å². The average molecular weight is 192 g/mol. The van der Waals surface area contributed by atoms with E-state index in [2.05, 4.69) is 13.8 Å². The number of rotatable bonds is 7. The Bertz CT molecular complexity index is 94.5. The van der Waals surface area contributed by atoms with Crippen molar-refractivity contribution in [2.24, 2.45) is 5.92 Å². The molecular weight excluding hydrogens is 172 g/mol. The highest BCUT2D eigenvalue weighted by molar-refractivity contribution is 7.99. The molecule has 0 aromatic carbocycles. The van der Waals surface area contributed by atoms with Gasteiger partial charge in [0.15, 0.2) is 0 Å². The fraction of sp³-hybridized carbons (Fsp3) is 1.00. The van der Waals surface area contributed by atoms with E-state index in [1.165, 1.54) is 12.8 Å². The van der Waals surface area contributed by atoms with E-state index in [0.717, 1.165) is 11.7 Å². The van der Waals surface area contributed by atoms with Gasteiger partial charge in [0.05, 0.1) is 12.7 Å². The molecule has 12 heavy (non-hydrogen) atoms. The Morgan fingerprint density at radius 2 is 1.75 bits per heavy atom. The minimum Gasteiger partial charge on any atom is -0.394 e. The number of hydrogen-bond acceptors (Lipinski definition) is 3. The van der Waals surface area contributed by atoms with Gasteiger partial charge < -0.3 is 10.2 Å². The van der Waals surface area contributed by atoms with Crippen LogP contribution in [-0.2, 0) is 0 Å². The van der Waals surface area contributed by atoms with Crippen LogP contribution in [0.4, 0.5) is 0 Å². The molecule has 2 nitrogen and oxygen atoms in total. The second-order valence-electron chi connectivity index (χ2n) is 3.06. The largest absolute Gasteiger partial charge is 0.394 e. The number of hydrogen-bond donors (Lipinski definition) is 2. The van der Waals surface area contributed by atoms with Crippen LogP contribution < -0.4 is 0 Å². The van der Waals surface area contributed by atoms with Gasteiger partial charge in [-0.15, -0.1) is 0 Å². The Balaban J connectivity index is 3.28. The Morgan fingerprint density at radius 3 is 2.17 bits per heavy atom. The van der Waals surface area contributed by atoms with Crippen LogP contribution in [0.15, 0.2) is 0 Å². The Morgan fingerprint density at radius 1 is 1.17 bits per heavy atom. The molecule has 0 radical (unpaired) electrons. The topological polar surface area (TPSA) is 40.5 Å². The van der Waals surface area contributed by atoms with Crippen molar-refractivity contribution in [3.8, 4) is 0 Å². The first kappa shape index (κ1) is 12.3. The molecular formula is C9H20O2S. The molecule has 3 heteroatoms. The third kappa shape index (κ3) is 5.86. The van der Waals surface area contributed by atoms with Gasteiger partial charge in [-0.2, -0.15) is 11.8 Å². The molecule has 74 valence electrons. The van der Waals surface area contributed by atoms with Crippen molar-refractivity contribution in [3.63, 3.8) is 0 Å². The van der Waals surface area contributed by atoms with Crippen molar-refractivity contribution < 1.29 is 10.2 Å². The molecule has 0 amide bonds. The maximum Gasteiger partial charge on any atom is 0.0861 e. The van der Waals surface area contributed by atoms with E-state index >= 15 is 0 Å². The summed E-state index contributed by atoms with van der Waals surface area (Å²) in [5, 5.41) is 17.6. The predicted octanol–water partition coefficient (Wildman–Crippen LogP) is 1.51. The molecule has 0 saturated heterocycles. The van der Waals surface area contributed by atoms with Crippen LogP contribution in [0.3, 0.4) is 0 Å². The fourth-order valence-corrected chi connectivity index (χ4v) is 2.27. The number of aliphatic hydroxyl groups excluding tert-OH is 2. The monoisotopic (exact) mass is 192 g/mol. The molecule has 2 N–H and O–H groups in total. The summed E-state index contributed by atoms with van der Waals surface area (Å²) < 4.78 is 0. The molecule has 0 aliphatic carbocycles. The summed E-state index contributed by atoms with van der Waals surface area (Å²) in [6, 6.07) is 0. The van der Waals surface area contributed by atoms with Crippen LogP contribution in [0.1, 0.15) is 26.7 Å². The van der Waals surface area contributed by atoms with Crippen molar-refractivity contribution in [2.75, 3.05) is 18.1 Å². The van der Waals surface area contributed by atoms with Gasteiger partial charge >= 0.3 is 0 Å². The van der Waals surface area contributed by atoms with Crippen molar-refractivity contribution in [1.82, 2.24) is 0 Å². The zero-order chi connectivity index (χ0) is 9.40. The maximum atomic E-state index is 9.05. The normalized spacial score (nSPS) is 13.8. The Labute approximate surface area is 79.4 Å². The van der Waals surface area contributed by atoms with Gasteiger partial charge in [-0.1, -0.05) is 26.7 Å². The lowest BCUT2D eigenvalue weighted by atomic mass is 10.1. The van der Waals surface area contributed by atoms with E-state index in [1.54, 1.807) is 11.8 Å². The lowest BCUT2D eigenvalue weighted by Crippen LogP contribution is -2.16. The summed E-state index contributed by atoms with van der Waals surface area (Å²) in [7, 11) is 0. The molecule has 0 saturated carbocycles. The van der Waals surface area contributed by atoms with Crippen LogP contribution in [0.5, 0.6) is 0 Å². The molecule has 0 aliphatic rings. The van der Waals surface area contributed by atoms with Gasteiger partial charge in [-0.05, 0) is 11.7 Å². The summed E-state index contributed by atoms with van der Waals surface area (Å²) in [6.45, 7) is 4.27. The molecule has 1 atom stereocenters. The second kappa shape index (κ2) is 7.90. The molecule has 0 aromatic rings. The van der Waals surface area contributed by atoms with Gasteiger partial charge in [-0.25, -0.2) is 0 Å². The van der Waals surface area contributed by atoms with E-state index in [4.69, 9.17) is 10.2 Å². The maximum absolute atomic E-state index is 9.05. The third-order valence-corrected chi connectivity index (χ3v) is 3.36. The van der Waals surface area contributed by atoms with E-state index in [9.17, 15) is 0 Å². The van der Waals surface area contributed by atoms with Crippen LogP contribution in [-0.4, -0.2) is 34.4 Å². The van der Waals surface area contributed by atoms with Crippen LogP contribution in [0, 0.1) is 5.92 Å². The van der Waals surface area contributed by atoms with Crippen molar-refractivity contribution >= 4 is 11.8 Å². The highest BCUT2D eigenvalue weighted by Gasteiger charge is 2.06. The minimum atomic E-state index is -0.538. The standard InChI is InChI=1S/C9H20O2S/c1-3-8(4-2)6-12-7-9(11)5-10/h8-11H,3-7H2,1-2H3. The lowest BCUT2D eigenvalue weighted by molar-refractivity contribution is 0.113. The van der Waals surface area contributed by atoms with E-state index < -0.39 is 6.10 Å². The number of thioether (sulfide) groups is 1. The highest BCUT2D eigenvalue weighted by Crippen LogP contribution is 2.15. The first-order valence-corrected chi connectivity index (χ1v) is 5.76. The Hall–Kier alpha value is 0.270. The zero-order valence-electron chi connectivity index (χ0n) is 7.99. The van der Waals surface area contributed by atoms with Crippen LogP contribution in [0.2, 0.25) is 0 Å². The van der Waals surface area contributed by atoms with Crippen LogP contribution in [0.25, 0.3) is 0 Å². The highest BCUT2D eigenvalue weighted by atomic mass is 32.2. The third-order valence-electron chi connectivity index (χ3n) is 2.03. The molecule has 1 unspecified atom stereocenters. The molecule has 0 aliphatic heterocycles. The summed E-state index contributed by atoms with van der Waals surface area (Å²) >= 11 is 1.73. The first-order chi connectivity index (χ1) is 5.74. The smallest absolute Gasteiger partial charge is 0.0861 e. The van der Waals surface area contributed by atoms with Gasteiger partial charge in [0.2, 0.25) is 0 Å². The van der Waals surface area contributed by atoms with Crippen LogP contribution >= 0.6 is 11.8 Å². The predicted molar refractivity (Wildman–Crippen MR) is 54.5 cm³/mol. The van der Waals surface area contributed by atoms with Gasteiger partial charge in [0.25, 0.3) is 0 Å². The average Bonchev–Trinajstić information content (AvgIpc) is 2.12. The summed E-state index contributed by atoms with van der Waals surface area (Å²) in [6.07, 6.45) is 1.88. The minimum absolute atomic E-state index is 0.115. The van der Waals surface area contributed by atoms with Gasteiger partial charge in [0, 0.05) is 5.75 Å². The van der Waals surface area contributed by atoms with Crippen molar-refractivity contribution in [2.45, 2.75) is 32.8 Å². The molecule has 0 heterocycles. The number of aliphatic hydroxyl groups is 2. The first-order valence-electron chi connectivity index (χ1n) is 4.61. The lowest BCUT2D eigenvalue weighted by Gasteiger charge is -2.12. The quantitative estimate of drug-likeness (QED) is 0.642. The summed E-state index contributed by atoms with van der Waals surface area (Å²) in [4.78, 5) is 0. The Kier molecular flexibility index (Phi) is 8.07. The molecule has 0 bridgehead atoms. The van der Waals surface area contributed by atoms with Crippen molar-refractivity contribution in [3.05, 3.63) is 0 Å². The second-order valence-corrected chi connectivity index (χ2v) is 4.13. The zero-order valence-corrected chi connectivity index (χ0v) is 8.81. The molecule has 0 fully saturated rings. The molecule has 0 rings (SSSR count). The van der Waals surface area contributed by atoms with E-state index in [-0.39, 0.29) is 6.61 Å². The molecule has 0 aromatic heterocycles. The van der Waals surface area contributed by atoms with Gasteiger partial charge in [0.1, 0.15) is 0 Å². The molecule has 0 spiro atoms. The summed E-state index contributed by atoms with van der Waals surface area (Å²) in [5.74, 6) is 2.53. The summed E-state index contributed by atoms with van der Waals surface area (Å²) in [5.41, 5.74) is 0. The van der Waals surface area contributed by atoms with E-state index in [0.29, 0.717) is 5.75 Å². The SMILES string of the molecule is CCC(CC)CSCC(O)CO. The van der Waals surface area contributed by atoms with Gasteiger partial charge in [-0.3, -0.25) is 0 Å². The fourth-order valence-electron chi connectivity index (χ4n) is 0.948. The van der Waals surface area contributed by atoms with Crippen molar-refractivity contribution in [1.29, 1.82) is 0 Å².